The van der Waals surface area contributed by atoms with E-state index in [1.807, 2.05) is 28.2 Å². The van der Waals surface area contributed by atoms with E-state index in [9.17, 15) is 19.2 Å². The van der Waals surface area contributed by atoms with Crippen molar-refractivity contribution in [2.45, 2.75) is 46.7 Å². The molecule has 0 fully saturated rings. The molecular formula is C20H50N8O11. The van der Waals surface area contributed by atoms with E-state index >= 15 is 0 Å². The van der Waals surface area contributed by atoms with Crippen LogP contribution in [-0.2, 0) is 28.8 Å². The van der Waals surface area contributed by atoms with Crippen LogP contribution < -0.4 is 33.6 Å². The molecule has 2 atom stereocenters. The third-order valence-corrected chi connectivity index (χ3v) is 1.56. The van der Waals surface area contributed by atoms with Crippen molar-refractivity contribution < 1.29 is 54.3 Å². The van der Waals surface area contributed by atoms with E-state index in [2.05, 4.69) is 16.4 Å². The summed E-state index contributed by atoms with van der Waals surface area (Å²) in [4.78, 5) is 57.4. The Balaban J connectivity index is -0.0000000485. The maximum absolute atomic E-state index is 9.92. The van der Waals surface area contributed by atoms with Crippen molar-refractivity contribution in [3.8, 4) is 0 Å². The maximum Gasteiger partial charge on any atom is 0.323 e. The Morgan fingerprint density at radius 3 is 0.872 bits per heavy atom. The molecule has 0 aromatic heterocycles. The monoisotopic (exact) mass is 578 g/mol. The maximum atomic E-state index is 9.92. The fraction of sp³-hybridized carbons (Fsp3) is 0.650. The van der Waals surface area contributed by atoms with Gasteiger partial charge in [-0.3, -0.25) is 34.2 Å². The van der Waals surface area contributed by atoms with Crippen molar-refractivity contribution in [1.29, 1.82) is 5.41 Å². The molecule has 19 heteroatoms. The van der Waals surface area contributed by atoms with Crippen LogP contribution >= 0.6 is 0 Å². The van der Waals surface area contributed by atoms with Gasteiger partial charge in [0.2, 0.25) is 5.91 Å². The fourth-order valence-corrected chi connectivity index (χ4v) is 0.288. The summed E-state index contributed by atoms with van der Waals surface area (Å²) >= 11 is 0. The van der Waals surface area contributed by atoms with Gasteiger partial charge in [-0.05, 0) is 42.0 Å². The molecule has 0 radical (unpaired) electrons. The second kappa shape index (κ2) is 44.0. The number of aliphatic carboxylic acids is 5. The Labute approximate surface area is 229 Å². The molecule has 0 aliphatic carbocycles. The summed E-state index contributed by atoms with van der Waals surface area (Å²) in [5.41, 5.74) is 19.1. The highest BCUT2D eigenvalue weighted by atomic mass is 16.4. The number of rotatable bonds is 4. The number of carboxylic acid groups (broad SMARTS) is 5. The zero-order valence-corrected chi connectivity index (χ0v) is 24.3. The SMILES string of the molecule is CC(=O)O.CC(=O)O.CC(N)=O.CC(N)C(=O)O.CC(N)C(=O)O.CN(CC(=O)O)C(=N)N.CNC.CNC. The number of hydrogen-bond donors (Lipinski definition) is 12. The summed E-state index contributed by atoms with van der Waals surface area (Å²) in [5, 5.41) is 50.9. The molecule has 2 unspecified atom stereocenters. The number of hydrogen-bond acceptors (Lipinski definition) is 11. The van der Waals surface area contributed by atoms with Crippen LogP contribution in [0.15, 0.2) is 0 Å². The van der Waals surface area contributed by atoms with Crippen LogP contribution in [0.1, 0.15) is 34.6 Å². The van der Waals surface area contributed by atoms with Crippen LogP contribution in [0.3, 0.4) is 0 Å². The van der Waals surface area contributed by atoms with Crippen LogP contribution in [0, 0.1) is 5.41 Å². The number of nitrogens with zero attached hydrogens (tertiary/aromatic N) is 1. The van der Waals surface area contributed by atoms with Gasteiger partial charge < -0.3 is 64.0 Å². The zero-order valence-electron chi connectivity index (χ0n) is 24.3. The number of guanidine groups is 1. The van der Waals surface area contributed by atoms with Crippen LogP contribution in [0.2, 0.25) is 0 Å². The molecule has 0 saturated carbocycles. The molecule has 0 aromatic carbocycles. The number of carbonyl (C=O) groups is 6. The van der Waals surface area contributed by atoms with Crippen molar-refractivity contribution in [3.05, 3.63) is 0 Å². The van der Waals surface area contributed by atoms with E-state index in [1.165, 1.54) is 27.8 Å². The van der Waals surface area contributed by atoms with E-state index < -0.39 is 41.9 Å². The number of carboxylic acids is 5. The molecular weight excluding hydrogens is 528 g/mol. The summed E-state index contributed by atoms with van der Waals surface area (Å²) in [7, 11) is 8.94. The largest absolute Gasteiger partial charge is 0.481 e. The van der Waals surface area contributed by atoms with Crippen molar-refractivity contribution in [2.75, 3.05) is 41.8 Å². The van der Waals surface area contributed by atoms with Crippen LogP contribution in [0.5, 0.6) is 0 Å². The minimum absolute atomic E-state index is 0.227. The Bertz CT molecular complexity index is 587. The number of nitrogens with one attached hydrogen (secondary N) is 3. The zero-order chi connectivity index (χ0) is 33.9. The predicted octanol–water partition coefficient (Wildman–Crippen LogP) is -2.92. The summed E-state index contributed by atoms with van der Waals surface area (Å²) in [5.74, 6) is -5.16. The van der Waals surface area contributed by atoms with Gasteiger partial charge in [0.1, 0.15) is 18.6 Å². The fourth-order valence-electron chi connectivity index (χ4n) is 0.288. The van der Waals surface area contributed by atoms with Crippen molar-refractivity contribution in [2.24, 2.45) is 22.9 Å². The number of likely N-dealkylation sites (N-methyl/N-ethyl adjacent to an activating group) is 1. The molecule has 0 heterocycles. The van der Waals surface area contributed by atoms with Gasteiger partial charge in [0, 0.05) is 27.8 Å². The van der Waals surface area contributed by atoms with Crippen LogP contribution in [0.25, 0.3) is 0 Å². The smallest absolute Gasteiger partial charge is 0.323 e. The van der Waals surface area contributed by atoms with E-state index in [-0.39, 0.29) is 18.4 Å². The molecule has 0 aliphatic rings. The first-order valence-electron chi connectivity index (χ1n) is 10.4. The van der Waals surface area contributed by atoms with Gasteiger partial charge in [-0.2, -0.15) is 0 Å². The van der Waals surface area contributed by atoms with Crippen molar-refractivity contribution in [1.82, 2.24) is 15.5 Å². The van der Waals surface area contributed by atoms with Gasteiger partial charge in [-0.25, -0.2) is 0 Å². The summed E-state index contributed by atoms with van der Waals surface area (Å²) in [6.07, 6.45) is 0. The second-order valence-electron chi connectivity index (χ2n) is 6.54. The Hall–Kier alpha value is -4.07. The van der Waals surface area contributed by atoms with E-state index in [4.69, 9.17) is 57.7 Å². The molecule has 0 spiro atoms. The highest BCUT2D eigenvalue weighted by Crippen LogP contribution is 1.76. The van der Waals surface area contributed by atoms with Crippen LogP contribution in [-0.4, -0.2) is 126 Å². The molecule has 0 aromatic rings. The first-order valence-corrected chi connectivity index (χ1v) is 10.4. The second-order valence-corrected chi connectivity index (χ2v) is 6.54. The number of carbonyl (C=O) groups excluding carboxylic acids is 1. The number of amides is 1. The summed E-state index contributed by atoms with van der Waals surface area (Å²) < 4.78 is 0. The lowest BCUT2D eigenvalue weighted by molar-refractivity contribution is -0.139. The average molecular weight is 579 g/mol. The van der Waals surface area contributed by atoms with Gasteiger partial charge in [0.15, 0.2) is 5.96 Å². The first-order chi connectivity index (χ1) is 17.3. The third kappa shape index (κ3) is 243. The molecule has 236 valence electrons. The standard InChI is InChI=1S/C4H9N3O2.2C3H7NO2.C2H5NO.2C2H7N.2C2H4O2/c1-7(4(5)6)2-3(8)9;2*1-2(4)3(5)6;1-2(3)4;2*1-3-2;2*1-2(3)4/h2H2,1H3,(H3,5,6)(H,8,9);2*2H,4H2,1H3,(H,5,6);1H3,(H2,3,4);2*3H,1-2H3;2*1H3,(H,3,4). The molecule has 1 amide bonds. The summed E-state index contributed by atoms with van der Waals surface area (Å²) in [6.45, 7) is 6.08. The van der Waals surface area contributed by atoms with E-state index in [0.717, 1.165) is 18.7 Å². The van der Waals surface area contributed by atoms with Gasteiger partial charge in [0.05, 0.1) is 0 Å². The molecule has 19 nitrogen and oxygen atoms in total. The minimum Gasteiger partial charge on any atom is -0.481 e. The quantitative estimate of drug-likeness (QED) is 0.117. The topological polar surface area (TPSA) is 359 Å². The Morgan fingerprint density at radius 2 is 0.846 bits per heavy atom. The van der Waals surface area contributed by atoms with E-state index in [1.54, 1.807) is 0 Å². The number of primary amides is 1. The molecule has 0 rings (SSSR count). The van der Waals surface area contributed by atoms with E-state index in [0.29, 0.717) is 0 Å². The Morgan fingerprint density at radius 1 is 0.718 bits per heavy atom. The molecule has 0 aliphatic heterocycles. The molecule has 0 bridgehead atoms. The molecule has 16 N–H and O–H groups in total. The predicted molar refractivity (Wildman–Crippen MR) is 146 cm³/mol. The Kier molecular flexibility index (Phi) is 62.5. The molecule has 0 saturated heterocycles. The minimum atomic E-state index is -0.993. The third-order valence-electron chi connectivity index (χ3n) is 1.56. The highest BCUT2D eigenvalue weighted by Gasteiger charge is 2.03. The summed E-state index contributed by atoms with van der Waals surface area (Å²) in [6, 6.07) is -1.46. The first kappa shape index (κ1) is 55.4. The highest BCUT2D eigenvalue weighted by molar-refractivity contribution is 5.80. The van der Waals surface area contributed by atoms with Gasteiger partial charge in [-0.1, -0.05) is 0 Å². The van der Waals surface area contributed by atoms with Gasteiger partial charge in [0.25, 0.3) is 11.9 Å². The van der Waals surface area contributed by atoms with Crippen molar-refractivity contribution in [3.63, 3.8) is 0 Å². The normalized spacial score (nSPS) is 9.03. The average Bonchev–Trinajstić information content (AvgIpc) is 2.68. The van der Waals surface area contributed by atoms with Crippen molar-refractivity contribution >= 4 is 41.7 Å². The van der Waals surface area contributed by atoms with Gasteiger partial charge in [-0.15, -0.1) is 0 Å². The lowest BCUT2D eigenvalue weighted by Gasteiger charge is -2.12. The lowest BCUT2D eigenvalue weighted by Crippen LogP contribution is -2.36. The lowest BCUT2D eigenvalue weighted by atomic mass is 10.4. The number of nitrogens with two attached hydrogens (primary N) is 4. The molecule has 39 heavy (non-hydrogen) atoms. The van der Waals surface area contributed by atoms with Gasteiger partial charge >= 0.3 is 17.9 Å². The van der Waals surface area contributed by atoms with Crippen LogP contribution in [0.4, 0.5) is 0 Å².